The summed E-state index contributed by atoms with van der Waals surface area (Å²) in [4.78, 5) is 26.8. The van der Waals surface area contributed by atoms with E-state index in [-0.39, 0.29) is 16.7 Å². The van der Waals surface area contributed by atoms with Crippen LogP contribution in [-0.4, -0.2) is 44.8 Å². The van der Waals surface area contributed by atoms with Crippen LogP contribution in [0.4, 0.5) is 5.00 Å². The van der Waals surface area contributed by atoms with Crippen LogP contribution in [0.2, 0.25) is 0 Å². The molecule has 0 atom stereocenters. The van der Waals surface area contributed by atoms with E-state index in [2.05, 4.69) is 5.32 Å². The Hall–Kier alpha value is -2.23. The number of carbonyl (C=O) groups is 2. The Kier molecular flexibility index (Phi) is 9.12. The van der Waals surface area contributed by atoms with E-state index >= 15 is 0 Å². The van der Waals surface area contributed by atoms with Gasteiger partial charge < -0.3 is 10.1 Å². The minimum atomic E-state index is -3.68. The maximum Gasteiger partial charge on any atom is 0.341 e. The number of hydrogen-bond donors (Lipinski definition) is 1. The average molecular weight is 521 g/mol. The topological polar surface area (TPSA) is 92.8 Å². The van der Waals surface area contributed by atoms with Crippen LogP contribution in [0, 0.1) is 11.8 Å². The first-order valence-corrected chi connectivity index (χ1v) is 14.4. The largest absolute Gasteiger partial charge is 0.465 e. The van der Waals surface area contributed by atoms with Crippen LogP contribution in [0.3, 0.4) is 0 Å². The number of hydrogen-bond acceptors (Lipinski definition) is 6. The van der Waals surface area contributed by atoms with E-state index in [9.17, 15) is 18.0 Å². The third kappa shape index (κ3) is 6.51. The SMILES string of the molecule is COC(=O)c1c(NC(=O)c2ccc(S(=O)(=O)N(CC(C)C)CC(C)C)cc2)sc2c1CCCCC2. The van der Waals surface area contributed by atoms with Crippen LogP contribution in [0.25, 0.3) is 0 Å². The summed E-state index contributed by atoms with van der Waals surface area (Å²) in [5.74, 6) is -0.453. The zero-order valence-electron chi connectivity index (χ0n) is 21.2. The van der Waals surface area contributed by atoms with Gasteiger partial charge in [-0.2, -0.15) is 4.31 Å². The van der Waals surface area contributed by atoms with E-state index in [0.29, 0.717) is 29.2 Å². The number of rotatable bonds is 9. The molecule has 0 spiro atoms. The lowest BCUT2D eigenvalue weighted by molar-refractivity contribution is 0.0601. The Bertz CT molecular complexity index is 1140. The highest BCUT2D eigenvalue weighted by Crippen LogP contribution is 2.38. The van der Waals surface area contributed by atoms with Gasteiger partial charge in [0.1, 0.15) is 5.00 Å². The smallest absolute Gasteiger partial charge is 0.341 e. The van der Waals surface area contributed by atoms with Gasteiger partial charge in [0.15, 0.2) is 0 Å². The number of fused-ring (bicyclic) bond motifs is 1. The summed E-state index contributed by atoms with van der Waals surface area (Å²) in [6.07, 6.45) is 4.85. The van der Waals surface area contributed by atoms with Crippen molar-refractivity contribution in [1.82, 2.24) is 4.31 Å². The minimum Gasteiger partial charge on any atom is -0.465 e. The Morgan fingerprint density at radius 3 is 2.17 bits per heavy atom. The average Bonchev–Trinajstić information content (AvgIpc) is 2.97. The van der Waals surface area contributed by atoms with Crippen molar-refractivity contribution >= 4 is 38.2 Å². The van der Waals surface area contributed by atoms with E-state index in [1.54, 1.807) is 0 Å². The van der Waals surface area contributed by atoms with Crippen LogP contribution < -0.4 is 5.32 Å². The molecule has 0 saturated carbocycles. The lowest BCUT2D eigenvalue weighted by Gasteiger charge is -2.25. The number of ether oxygens (including phenoxy) is 1. The molecule has 0 saturated heterocycles. The molecule has 1 aromatic carbocycles. The number of nitrogens with one attached hydrogen (secondary N) is 1. The molecular weight excluding hydrogens is 484 g/mol. The first-order chi connectivity index (χ1) is 16.5. The summed E-state index contributed by atoms with van der Waals surface area (Å²) in [5, 5.41) is 3.36. The van der Waals surface area contributed by atoms with Crippen molar-refractivity contribution in [2.45, 2.75) is 64.7 Å². The molecule has 35 heavy (non-hydrogen) atoms. The van der Waals surface area contributed by atoms with Crippen molar-refractivity contribution in [2.24, 2.45) is 11.8 Å². The fourth-order valence-electron chi connectivity index (χ4n) is 4.34. The Morgan fingerprint density at radius 2 is 1.60 bits per heavy atom. The number of nitrogens with zero attached hydrogens (tertiary/aromatic N) is 1. The highest BCUT2D eigenvalue weighted by Gasteiger charge is 2.28. The lowest BCUT2D eigenvalue weighted by atomic mass is 10.1. The van der Waals surface area contributed by atoms with Crippen molar-refractivity contribution in [3.63, 3.8) is 0 Å². The Balaban J connectivity index is 1.84. The van der Waals surface area contributed by atoms with Gasteiger partial charge in [-0.1, -0.05) is 34.1 Å². The van der Waals surface area contributed by atoms with Gasteiger partial charge in [-0.05, 0) is 67.3 Å². The number of sulfonamides is 1. The van der Waals surface area contributed by atoms with Crippen molar-refractivity contribution in [1.29, 1.82) is 0 Å². The van der Waals surface area contributed by atoms with Gasteiger partial charge in [0, 0.05) is 23.5 Å². The zero-order valence-corrected chi connectivity index (χ0v) is 22.9. The van der Waals surface area contributed by atoms with E-state index in [1.165, 1.54) is 47.0 Å². The maximum absolute atomic E-state index is 13.2. The van der Waals surface area contributed by atoms with E-state index in [0.717, 1.165) is 42.5 Å². The molecule has 1 aliphatic rings. The van der Waals surface area contributed by atoms with Gasteiger partial charge in [0.2, 0.25) is 10.0 Å². The first kappa shape index (κ1) is 27.4. The molecular formula is C26H36N2O5S2. The monoisotopic (exact) mass is 520 g/mol. The van der Waals surface area contributed by atoms with E-state index in [1.807, 2.05) is 27.7 Å². The maximum atomic E-state index is 13.2. The quantitative estimate of drug-likeness (QED) is 0.355. The number of anilines is 1. The Labute approximate surface area is 212 Å². The van der Waals surface area contributed by atoms with Gasteiger partial charge in [-0.25, -0.2) is 13.2 Å². The highest BCUT2D eigenvalue weighted by atomic mass is 32.2. The second-order valence-corrected chi connectivity index (χ2v) is 12.9. The number of thiophene rings is 1. The number of esters is 1. The standard InChI is InChI=1S/C26H36N2O5S2/c1-17(2)15-28(16-18(3)4)35(31,32)20-13-11-19(12-14-20)24(29)27-25-23(26(30)33-5)21-9-7-6-8-10-22(21)34-25/h11-14,17-18H,6-10,15-16H2,1-5H3,(H,27,29). The minimum absolute atomic E-state index is 0.161. The second-order valence-electron chi connectivity index (χ2n) is 9.85. The molecule has 0 fully saturated rings. The third-order valence-electron chi connectivity index (χ3n) is 5.93. The summed E-state index contributed by atoms with van der Waals surface area (Å²) in [6, 6.07) is 5.98. The van der Waals surface area contributed by atoms with Gasteiger partial charge in [-0.15, -0.1) is 11.3 Å². The number of aryl methyl sites for hydroxylation is 1. The number of carbonyl (C=O) groups excluding carboxylic acids is 2. The van der Waals surface area contributed by atoms with Crippen molar-refractivity contribution in [2.75, 3.05) is 25.5 Å². The molecule has 2 aromatic rings. The molecule has 192 valence electrons. The van der Waals surface area contributed by atoms with Crippen molar-refractivity contribution < 1.29 is 22.7 Å². The summed E-state index contributed by atoms with van der Waals surface area (Å²) in [7, 11) is -2.33. The molecule has 1 heterocycles. The predicted octanol–water partition coefficient (Wildman–Crippen LogP) is 5.36. The molecule has 0 bridgehead atoms. The highest BCUT2D eigenvalue weighted by molar-refractivity contribution is 7.89. The molecule has 0 unspecified atom stereocenters. The van der Waals surface area contributed by atoms with E-state index in [4.69, 9.17) is 4.74 Å². The van der Waals surface area contributed by atoms with Crippen LogP contribution >= 0.6 is 11.3 Å². The lowest BCUT2D eigenvalue weighted by Crippen LogP contribution is -2.37. The molecule has 1 aromatic heterocycles. The van der Waals surface area contributed by atoms with Gasteiger partial charge in [-0.3, -0.25) is 4.79 Å². The first-order valence-electron chi connectivity index (χ1n) is 12.2. The molecule has 3 rings (SSSR count). The fraction of sp³-hybridized carbons (Fsp3) is 0.538. The zero-order chi connectivity index (χ0) is 25.8. The predicted molar refractivity (Wildman–Crippen MR) is 140 cm³/mol. The van der Waals surface area contributed by atoms with Gasteiger partial charge >= 0.3 is 5.97 Å². The molecule has 1 aliphatic carbocycles. The molecule has 1 amide bonds. The van der Waals surface area contributed by atoms with Crippen LogP contribution in [0.5, 0.6) is 0 Å². The van der Waals surface area contributed by atoms with Crippen LogP contribution in [-0.2, 0) is 27.6 Å². The van der Waals surface area contributed by atoms with Gasteiger partial charge in [0.25, 0.3) is 5.91 Å². The van der Waals surface area contributed by atoms with Crippen molar-refractivity contribution in [3.05, 3.63) is 45.8 Å². The van der Waals surface area contributed by atoms with E-state index < -0.39 is 21.9 Å². The van der Waals surface area contributed by atoms with Crippen molar-refractivity contribution in [3.8, 4) is 0 Å². The van der Waals surface area contributed by atoms with Crippen LogP contribution in [0.1, 0.15) is 78.1 Å². The van der Waals surface area contributed by atoms with Crippen LogP contribution in [0.15, 0.2) is 29.2 Å². The summed E-state index contributed by atoms with van der Waals surface area (Å²) in [6.45, 7) is 8.82. The molecule has 0 radical (unpaired) electrons. The summed E-state index contributed by atoms with van der Waals surface area (Å²) < 4.78 is 33.0. The second kappa shape index (κ2) is 11.7. The normalized spacial score (nSPS) is 14.2. The van der Waals surface area contributed by atoms with Gasteiger partial charge in [0.05, 0.1) is 17.6 Å². The number of methoxy groups -OCH3 is 1. The number of benzene rings is 1. The summed E-state index contributed by atoms with van der Waals surface area (Å²) in [5.41, 5.74) is 1.74. The molecule has 7 nitrogen and oxygen atoms in total. The third-order valence-corrected chi connectivity index (χ3v) is 8.98. The Morgan fingerprint density at radius 1 is 1.00 bits per heavy atom. The molecule has 1 N–H and O–H groups in total. The molecule has 9 heteroatoms. The fourth-order valence-corrected chi connectivity index (χ4v) is 7.38. The number of amides is 1. The summed E-state index contributed by atoms with van der Waals surface area (Å²) >= 11 is 1.43. The molecule has 0 aliphatic heterocycles.